The van der Waals surface area contributed by atoms with Crippen molar-refractivity contribution in [1.29, 1.82) is 0 Å². The van der Waals surface area contributed by atoms with Crippen LogP contribution in [0.15, 0.2) is 30.5 Å². The quantitative estimate of drug-likeness (QED) is 0.874. The van der Waals surface area contributed by atoms with E-state index in [1.54, 1.807) is 0 Å². The molecule has 1 aromatic carbocycles. The SMILES string of the molecule is CCc1cccc(NCc2cn(C)nc2CC)c1. The summed E-state index contributed by atoms with van der Waals surface area (Å²) in [6.45, 7) is 5.16. The van der Waals surface area contributed by atoms with Gasteiger partial charge < -0.3 is 5.32 Å². The lowest BCUT2D eigenvalue weighted by Crippen LogP contribution is -2.01. The fourth-order valence-electron chi connectivity index (χ4n) is 2.13. The number of anilines is 1. The van der Waals surface area contributed by atoms with Crippen LogP contribution in [0.3, 0.4) is 0 Å². The van der Waals surface area contributed by atoms with Crippen LogP contribution < -0.4 is 5.32 Å². The van der Waals surface area contributed by atoms with Crippen molar-refractivity contribution < 1.29 is 0 Å². The van der Waals surface area contributed by atoms with Gasteiger partial charge in [0.1, 0.15) is 0 Å². The zero-order chi connectivity index (χ0) is 13.0. The van der Waals surface area contributed by atoms with Crippen LogP contribution in [-0.4, -0.2) is 9.78 Å². The minimum Gasteiger partial charge on any atom is -0.381 e. The summed E-state index contributed by atoms with van der Waals surface area (Å²) in [6.07, 6.45) is 4.14. The molecule has 2 rings (SSSR count). The van der Waals surface area contributed by atoms with E-state index < -0.39 is 0 Å². The molecule has 0 atom stereocenters. The molecule has 0 spiro atoms. The molecule has 3 nitrogen and oxygen atoms in total. The molecular weight excluding hydrogens is 222 g/mol. The minimum absolute atomic E-state index is 0.837. The first-order valence-electron chi connectivity index (χ1n) is 6.57. The van der Waals surface area contributed by atoms with Gasteiger partial charge >= 0.3 is 0 Å². The van der Waals surface area contributed by atoms with Gasteiger partial charge in [-0.1, -0.05) is 26.0 Å². The normalized spacial score (nSPS) is 10.6. The average Bonchev–Trinajstić information content (AvgIpc) is 2.77. The van der Waals surface area contributed by atoms with Crippen molar-refractivity contribution in [1.82, 2.24) is 9.78 Å². The molecule has 0 unspecified atom stereocenters. The number of aromatic nitrogens is 2. The lowest BCUT2D eigenvalue weighted by Gasteiger charge is -2.07. The van der Waals surface area contributed by atoms with Crippen molar-refractivity contribution in [2.24, 2.45) is 7.05 Å². The Balaban J connectivity index is 2.06. The summed E-state index contributed by atoms with van der Waals surface area (Å²) in [4.78, 5) is 0. The Bertz CT molecular complexity index is 514. The zero-order valence-electron chi connectivity index (χ0n) is 11.4. The van der Waals surface area contributed by atoms with Gasteiger partial charge in [-0.3, -0.25) is 4.68 Å². The van der Waals surface area contributed by atoms with E-state index in [1.165, 1.54) is 22.5 Å². The van der Waals surface area contributed by atoms with E-state index >= 15 is 0 Å². The van der Waals surface area contributed by atoms with Crippen molar-refractivity contribution in [3.05, 3.63) is 47.3 Å². The number of hydrogen-bond acceptors (Lipinski definition) is 2. The summed E-state index contributed by atoms with van der Waals surface area (Å²) in [6, 6.07) is 8.58. The molecule has 0 saturated carbocycles. The van der Waals surface area contributed by atoms with Crippen molar-refractivity contribution >= 4 is 5.69 Å². The molecule has 1 N–H and O–H groups in total. The Labute approximate surface area is 109 Å². The predicted molar refractivity (Wildman–Crippen MR) is 75.7 cm³/mol. The van der Waals surface area contributed by atoms with E-state index in [1.807, 2.05) is 11.7 Å². The maximum Gasteiger partial charge on any atom is 0.0671 e. The van der Waals surface area contributed by atoms with Gasteiger partial charge in [0.15, 0.2) is 0 Å². The fraction of sp³-hybridized carbons (Fsp3) is 0.400. The molecule has 0 fully saturated rings. The monoisotopic (exact) mass is 243 g/mol. The van der Waals surface area contributed by atoms with Crippen molar-refractivity contribution in [2.45, 2.75) is 33.2 Å². The number of nitrogens with one attached hydrogen (secondary N) is 1. The van der Waals surface area contributed by atoms with Gasteiger partial charge in [-0.25, -0.2) is 0 Å². The van der Waals surface area contributed by atoms with E-state index in [-0.39, 0.29) is 0 Å². The van der Waals surface area contributed by atoms with Crippen LogP contribution in [0.25, 0.3) is 0 Å². The molecule has 0 bridgehead atoms. The summed E-state index contributed by atoms with van der Waals surface area (Å²) in [5.41, 5.74) is 5.00. The summed E-state index contributed by atoms with van der Waals surface area (Å²) in [7, 11) is 1.97. The molecule has 1 heterocycles. The van der Waals surface area contributed by atoms with Crippen molar-refractivity contribution in [2.75, 3.05) is 5.32 Å². The number of nitrogens with zero attached hydrogens (tertiary/aromatic N) is 2. The molecule has 96 valence electrons. The molecule has 0 amide bonds. The largest absolute Gasteiger partial charge is 0.381 e. The Hall–Kier alpha value is -1.77. The second-order valence-corrected chi connectivity index (χ2v) is 4.54. The number of hydrogen-bond donors (Lipinski definition) is 1. The molecule has 18 heavy (non-hydrogen) atoms. The Kier molecular flexibility index (Phi) is 4.03. The van der Waals surface area contributed by atoms with Crippen LogP contribution in [0.4, 0.5) is 5.69 Å². The molecule has 1 aromatic heterocycles. The van der Waals surface area contributed by atoms with Gasteiger partial charge in [0.2, 0.25) is 0 Å². The first-order chi connectivity index (χ1) is 8.72. The van der Waals surface area contributed by atoms with Gasteiger partial charge in [0.05, 0.1) is 5.69 Å². The fourth-order valence-corrected chi connectivity index (χ4v) is 2.13. The molecule has 0 aliphatic carbocycles. The number of benzene rings is 1. The van der Waals surface area contributed by atoms with E-state index in [0.29, 0.717) is 0 Å². The third-order valence-corrected chi connectivity index (χ3v) is 3.14. The van der Waals surface area contributed by atoms with E-state index in [9.17, 15) is 0 Å². The Morgan fingerprint density at radius 1 is 1.22 bits per heavy atom. The third kappa shape index (κ3) is 2.92. The highest BCUT2D eigenvalue weighted by molar-refractivity contribution is 5.46. The van der Waals surface area contributed by atoms with E-state index in [0.717, 1.165) is 19.4 Å². The lowest BCUT2D eigenvalue weighted by atomic mass is 10.1. The van der Waals surface area contributed by atoms with Crippen LogP contribution in [-0.2, 0) is 26.4 Å². The molecule has 2 aromatic rings. The van der Waals surface area contributed by atoms with Crippen LogP contribution in [0, 0.1) is 0 Å². The second-order valence-electron chi connectivity index (χ2n) is 4.54. The molecule has 0 aliphatic rings. The molecular formula is C15H21N3. The highest BCUT2D eigenvalue weighted by atomic mass is 15.3. The van der Waals surface area contributed by atoms with Crippen LogP contribution in [0.5, 0.6) is 0 Å². The summed E-state index contributed by atoms with van der Waals surface area (Å²) in [5, 5.41) is 7.92. The molecule has 0 aliphatic heterocycles. The van der Waals surface area contributed by atoms with Gasteiger partial charge in [-0.15, -0.1) is 0 Å². The zero-order valence-corrected chi connectivity index (χ0v) is 11.4. The molecule has 3 heteroatoms. The Morgan fingerprint density at radius 3 is 2.78 bits per heavy atom. The second kappa shape index (κ2) is 5.71. The summed E-state index contributed by atoms with van der Waals surface area (Å²) < 4.78 is 1.89. The summed E-state index contributed by atoms with van der Waals surface area (Å²) >= 11 is 0. The first kappa shape index (κ1) is 12.7. The van der Waals surface area contributed by atoms with Crippen molar-refractivity contribution in [3.8, 4) is 0 Å². The highest BCUT2D eigenvalue weighted by Gasteiger charge is 2.05. The lowest BCUT2D eigenvalue weighted by molar-refractivity contribution is 0.746. The van der Waals surface area contributed by atoms with E-state index in [4.69, 9.17) is 0 Å². The van der Waals surface area contributed by atoms with E-state index in [2.05, 4.69) is 54.7 Å². The standard InChI is InChI=1S/C15H21N3/c1-4-12-7-6-8-14(9-12)16-10-13-11-18(3)17-15(13)5-2/h6-9,11,16H,4-5,10H2,1-3H3. The Morgan fingerprint density at radius 2 is 2.06 bits per heavy atom. The number of aryl methyl sites for hydroxylation is 3. The van der Waals surface area contributed by atoms with Crippen LogP contribution >= 0.6 is 0 Å². The van der Waals surface area contributed by atoms with Gasteiger partial charge in [0, 0.05) is 31.0 Å². The molecule has 0 radical (unpaired) electrons. The number of rotatable bonds is 5. The van der Waals surface area contributed by atoms with Crippen LogP contribution in [0.1, 0.15) is 30.7 Å². The minimum atomic E-state index is 0.837. The van der Waals surface area contributed by atoms with Gasteiger partial charge in [-0.05, 0) is 30.5 Å². The third-order valence-electron chi connectivity index (χ3n) is 3.14. The molecule has 0 saturated heterocycles. The van der Waals surface area contributed by atoms with Gasteiger partial charge in [0.25, 0.3) is 0 Å². The van der Waals surface area contributed by atoms with Gasteiger partial charge in [-0.2, -0.15) is 5.10 Å². The van der Waals surface area contributed by atoms with Crippen molar-refractivity contribution in [3.63, 3.8) is 0 Å². The maximum absolute atomic E-state index is 4.45. The summed E-state index contributed by atoms with van der Waals surface area (Å²) in [5.74, 6) is 0. The predicted octanol–water partition coefficient (Wildman–Crippen LogP) is 3.16. The smallest absolute Gasteiger partial charge is 0.0671 e. The first-order valence-corrected chi connectivity index (χ1v) is 6.57. The van der Waals surface area contributed by atoms with Crippen LogP contribution in [0.2, 0.25) is 0 Å². The average molecular weight is 243 g/mol. The highest BCUT2D eigenvalue weighted by Crippen LogP contribution is 2.14. The maximum atomic E-state index is 4.45. The topological polar surface area (TPSA) is 29.9 Å².